The maximum absolute atomic E-state index is 13.4. The molecule has 1 fully saturated rings. The third-order valence-electron chi connectivity index (χ3n) is 7.78. The van der Waals surface area contributed by atoms with Gasteiger partial charge < -0.3 is 14.7 Å². The minimum atomic E-state index is -1.14. The number of carbonyl (C=O) groups excluding carboxylic acids is 1. The molecule has 9 nitrogen and oxygen atoms in total. The summed E-state index contributed by atoms with van der Waals surface area (Å²) in [5.74, 6) is 0.311. The Labute approximate surface area is 227 Å². The molecule has 0 bridgehead atoms. The first-order chi connectivity index (χ1) is 19.1. The van der Waals surface area contributed by atoms with E-state index in [1.165, 1.54) is 5.56 Å². The second-order valence-corrected chi connectivity index (χ2v) is 10.4. The monoisotopic (exact) mass is 524 g/mol. The lowest BCUT2D eigenvalue weighted by atomic mass is 9.91. The second kappa shape index (κ2) is 10.9. The molecular formula is C30H32N6O3. The van der Waals surface area contributed by atoms with Crippen LogP contribution in [0, 0.1) is 0 Å². The Morgan fingerprint density at radius 1 is 1.03 bits per heavy atom. The van der Waals surface area contributed by atoms with Gasteiger partial charge in [-0.15, -0.1) is 5.10 Å². The van der Waals surface area contributed by atoms with Gasteiger partial charge in [0, 0.05) is 37.1 Å². The lowest BCUT2D eigenvalue weighted by Gasteiger charge is -2.25. The van der Waals surface area contributed by atoms with Gasteiger partial charge in [-0.3, -0.25) is 9.78 Å². The highest BCUT2D eigenvalue weighted by molar-refractivity contribution is 5.94. The summed E-state index contributed by atoms with van der Waals surface area (Å²) in [7, 11) is 0. The molecule has 1 amide bonds. The lowest BCUT2D eigenvalue weighted by Crippen LogP contribution is -2.34. The molecule has 1 aliphatic heterocycles. The Balaban J connectivity index is 1.12. The molecule has 1 aromatic carbocycles. The van der Waals surface area contributed by atoms with E-state index in [4.69, 9.17) is 4.74 Å². The number of benzene rings is 1. The molecule has 2 aliphatic rings. The lowest BCUT2D eigenvalue weighted by molar-refractivity contribution is 0.0169. The third kappa shape index (κ3) is 5.40. The topological polar surface area (TPSA) is 106 Å². The summed E-state index contributed by atoms with van der Waals surface area (Å²) in [5.41, 5.74) is 3.25. The van der Waals surface area contributed by atoms with Crippen molar-refractivity contribution in [3.05, 3.63) is 101 Å². The summed E-state index contributed by atoms with van der Waals surface area (Å²) in [6.45, 7) is 1.35. The Morgan fingerprint density at radius 2 is 1.92 bits per heavy atom. The van der Waals surface area contributed by atoms with Crippen molar-refractivity contribution in [3.8, 4) is 5.88 Å². The van der Waals surface area contributed by atoms with Crippen LogP contribution in [0.3, 0.4) is 0 Å². The molecule has 9 heteroatoms. The van der Waals surface area contributed by atoms with Crippen LogP contribution in [0.4, 0.5) is 0 Å². The highest BCUT2D eigenvalue weighted by Crippen LogP contribution is 2.35. The zero-order valence-corrected chi connectivity index (χ0v) is 21.8. The summed E-state index contributed by atoms with van der Waals surface area (Å²) in [5, 5.41) is 20.4. The molecule has 200 valence electrons. The highest BCUT2D eigenvalue weighted by atomic mass is 16.5. The van der Waals surface area contributed by atoms with Crippen molar-refractivity contribution < 1.29 is 14.6 Å². The second-order valence-electron chi connectivity index (χ2n) is 10.4. The minimum Gasteiger partial charge on any atom is -0.473 e. The van der Waals surface area contributed by atoms with Crippen LogP contribution < -0.4 is 4.74 Å². The van der Waals surface area contributed by atoms with Crippen LogP contribution >= 0.6 is 0 Å². The van der Waals surface area contributed by atoms with E-state index in [0.717, 1.165) is 30.5 Å². The van der Waals surface area contributed by atoms with Crippen molar-refractivity contribution in [2.45, 2.75) is 56.8 Å². The molecule has 0 saturated carbocycles. The number of likely N-dealkylation sites (tertiary alicyclic amines) is 1. The molecule has 2 atom stereocenters. The van der Waals surface area contributed by atoms with Crippen molar-refractivity contribution in [1.82, 2.24) is 29.9 Å². The molecule has 39 heavy (non-hydrogen) atoms. The van der Waals surface area contributed by atoms with E-state index in [1.807, 2.05) is 53.5 Å². The number of aliphatic hydroxyl groups is 1. The molecule has 6 rings (SSSR count). The molecule has 1 N–H and O–H groups in total. The van der Waals surface area contributed by atoms with Gasteiger partial charge in [0.15, 0.2) is 0 Å². The zero-order valence-electron chi connectivity index (χ0n) is 21.8. The predicted molar refractivity (Wildman–Crippen MR) is 144 cm³/mol. The van der Waals surface area contributed by atoms with Gasteiger partial charge in [0.05, 0.1) is 17.9 Å². The molecule has 2 unspecified atom stereocenters. The SMILES string of the molecule is O=C(c1ccnc(OCc2ccccc2)c1)N1CCCC(O)(c2cn(C3CCCc4cccnc43)nn2)CC1. The number of carbonyl (C=O) groups is 1. The molecule has 1 saturated heterocycles. The zero-order chi connectivity index (χ0) is 26.7. The predicted octanol–water partition coefficient (Wildman–Crippen LogP) is 4.09. The molecule has 0 radical (unpaired) electrons. The number of nitrogens with zero attached hydrogens (tertiary/aromatic N) is 6. The number of fused-ring (bicyclic) bond motifs is 1. The van der Waals surface area contributed by atoms with Crippen LogP contribution in [0.15, 0.2) is 73.2 Å². The minimum absolute atomic E-state index is 0.0219. The van der Waals surface area contributed by atoms with Crippen LogP contribution in [-0.4, -0.2) is 54.0 Å². The number of amides is 1. The van der Waals surface area contributed by atoms with Crippen LogP contribution in [0.5, 0.6) is 5.88 Å². The highest BCUT2D eigenvalue weighted by Gasteiger charge is 2.37. The van der Waals surface area contributed by atoms with E-state index < -0.39 is 5.60 Å². The number of ether oxygens (including phenoxy) is 1. The van der Waals surface area contributed by atoms with E-state index in [0.29, 0.717) is 56.1 Å². The Hall–Kier alpha value is -4.11. The van der Waals surface area contributed by atoms with Crippen LogP contribution in [-0.2, 0) is 18.6 Å². The molecule has 0 spiro atoms. The van der Waals surface area contributed by atoms with Crippen molar-refractivity contribution >= 4 is 5.91 Å². The van der Waals surface area contributed by atoms with Gasteiger partial charge in [0.2, 0.25) is 5.88 Å². The normalized spacial score (nSPS) is 21.2. The number of aromatic nitrogens is 5. The average molecular weight is 525 g/mol. The van der Waals surface area contributed by atoms with Gasteiger partial charge in [0.1, 0.15) is 17.9 Å². The van der Waals surface area contributed by atoms with Crippen molar-refractivity contribution in [3.63, 3.8) is 0 Å². The quantitative estimate of drug-likeness (QED) is 0.405. The fraction of sp³-hybridized carbons (Fsp3) is 0.367. The van der Waals surface area contributed by atoms with E-state index >= 15 is 0 Å². The number of hydrogen-bond donors (Lipinski definition) is 1. The summed E-state index contributed by atoms with van der Waals surface area (Å²) in [6, 6.07) is 17.3. The van der Waals surface area contributed by atoms with Gasteiger partial charge >= 0.3 is 0 Å². The molecule has 1 aliphatic carbocycles. The maximum Gasteiger partial charge on any atom is 0.254 e. The van der Waals surface area contributed by atoms with Gasteiger partial charge in [-0.25, -0.2) is 9.67 Å². The van der Waals surface area contributed by atoms with Gasteiger partial charge in [-0.05, 0) is 61.8 Å². The van der Waals surface area contributed by atoms with Crippen molar-refractivity contribution in [2.24, 2.45) is 0 Å². The van der Waals surface area contributed by atoms with E-state index in [9.17, 15) is 9.90 Å². The van der Waals surface area contributed by atoms with E-state index in [2.05, 4.69) is 26.3 Å². The molecule has 4 aromatic rings. The Bertz CT molecular complexity index is 1440. The van der Waals surface area contributed by atoms with Gasteiger partial charge in [0.25, 0.3) is 5.91 Å². The Kier molecular flexibility index (Phi) is 7.06. The number of pyridine rings is 2. The molecule has 4 heterocycles. The largest absolute Gasteiger partial charge is 0.473 e. The first-order valence-corrected chi connectivity index (χ1v) is 13.6. The first-order valence-electron chi connectivity index (χ1n) is 13.6. The third-order valence-corrected chi connectivity index (χ3v) is 7.78. The molecule has 3 aromatic heterocycles. The van der Waals surface area contributed by atoms with Crippen LogP contribution in [0.1, 0.15) is 71.0 Å². The summed E-state index contributed by atoms with van der Waals surface area (Å²) in [4.78, 5) is 24.0. The maximum atomic E-state index is 13.4. The standard InChI is InChI=1S/C30H32N6O3/c37-29(24-12-16-31-27(19-24)39-21-22-7-2-1-3-8-22)35-17-6-13-30(38,14-18-35)26-20-36(34-33-26)25-11-4-9-23-10-5-15-32-28(23)25/h1-3,5,7-8,10,12,15-16,19-20,25,38H,4,6,9,11,13-14,17-18,21H2. The van der Waals surface area contributed by atoms with Gasteiger partial charge in [-0.2, -0.15) is 0 Å². The van der Waals surface area contributed by atoms with Gasteiger partial charge in [-0.1, -0.05) is 41.6 Å². The number of aryl methyl sites for hydroxylation is 1. The van der Waals surface area contributed by atoms with Crippen LogP contribution in [0.25, 0.3) is 0 Å². The summed E-state index contributed by atoms with van der Waals surface area (Å²) < 4.78 is 7.66. The first kappa shape index (κ1) is 25.2. The average Bonchev–Trinajstić information content (AvgIpc) is 3.40. The Morgan fingerprint density at radius 3 is 2.82 bits per heavy atom. The van der Waals surface area contributed by atoms with E-state index in [1.54, 1.807) is 23.2 Å². The smallest absolute Gasteiger partial charge is 0.254 e. The van der Waals surface area contributed by atoms with Crippen LogP contribution in [0.2, 0.25) is 0 Å². The summed E-state index contributed by atoms with van der Waals surface area (Å²) >= 11 is 0. The van der Waals surface area contributed by atoms with Crippen molar-refractivity contribution in [1.29, 1.82) is 0 Å². The number of hydrogen-bond acceptors (Lipinski definition) is 7. The fourth-order valence-corrected chi connectivity index (χ4v) is 5.60. The molecular weight excluding hydrogens is 492 g/mol. The van der Waals surface area contributed by atoms with Crippen molar-refractivity contribution in [2.75, 3.05) is 13.1 Å². The number of rotatable bonds is 6. The summed E-state index contributed by atoms with van der Waals surface area (Å²) in [6.07, 6.45) is 9.86. The van der Waals surface area contributed by atoms with E-state index in [-0.39, 0.29) is 11.9 Å². The fourth-order valence-electron chi connectivity index (χ4n) is 5.60.